The van der Waals surface area contributed by atoms with E-state index in [4.69, 9.17) is 4.52 Å². The van der Waals surface area contributed by atoms with Crippen molar-refractivity contribution in [2.45, 2.75) is 19.8 Å². The van der Waals surface area contributed by atoms with Gasteiger partial charge in [-0.15, -0.1) is 0 Å². The van der Waals surface area contributed by atoms with Crippen LogP contribution in [0.4, 0.5) is 15.8 Å². The highest BCUT2D eigenvalue weighted by molar-refractivity contribution is 7.91. The van der Waals surface area contributed by atoms with E-state index in [1.54, 1.807) is 37.3 Å². The molecule has 1 fully saturated rings. The van der Waals surface area contributed by atoms with E-state index in [9.17, 15) is 22.4 Å². The number of hydrogen-bond acceptors (Lipinski definition) is 7. The van der Waals surface area contributed by atoms with Gasteiger partial charge in [-0.25, -0.2) is 12.8 Å². The predicted molar refractivity (Wildman–Crippen MR) is 123 cm³/mol. The number of aryl methyl sites for hydroxylation is 1. The van der Waals surface area contributed by atoms with Crippen molar-refractivity contribution >= 4 is 33.0 Å². The number of hydrogen-bond donors (Lipinski definition) is 1. The number of nitrogens with one attached hydrogen (secondary N) is 1. The van der Waals surface area contributed by atoms with Gasteiger partial charge in [0, 0.05) is 17.2 Å². The Morgan fingerprint density at radius 1 is 1.15 bits per heavy atom. The van der Waals surface area contributed by atoms with Gasteiger partial charge in [-0.05, 0) is 61.7 Å². The molecule has 178 valence electrons. The maximum absolute atomic E-state index is 14.8. The van der Waals surface area contributed by atoms with Gasteiger partial charge in [-0.3, -0.25) is 14.5 Å². The van der Waals surface area contributed by atoms with E-state index in [0.29, 0.717) is 22.6 Å². The highest BCUT2D eigenvalue weighted by atomic mass is 32.2. The van der Waals surface area contributed by atoms with Gasteiger partial charge in [0.1, 0.15) is 22.2 Å². The number of carbonyl (C=O) groups is 2. The molecule has 9 nitrogen and oxygen atoms in total. The third kappa shape index (κ3) is 5.48. The molecule has 0 bridgehead atoms. The van der Waals surface area contributed by atoms with Gasteiger partial charge in [0.05, 0.1) is 17.2 Å². The first-order valence-electron chi connectivity index (χ1n) is 10.7. The van der Waals surface area contributed by atoms with Crippen LogP contribution in [0.5, 0.6) is 0 Å². The molecule has 34 heavy (non-hydrogen) atoms. The molecule has 11 heteroatoms. The molecular formula is C23H23FN4O5S. The molecule has 1 aliphatic rings. The summed E-state index contributed by atoms with van der Waals surface area (Å²) in [6.45, 7) is 1.30. The number of halogens is 1. The molecule has 1 aromatic heterocycles. The second-order valence-corrected chi connectivity index (χ2v) is 10.5. The number of aromatic nitrogens is 2. The Hall–Kier alpha value is -3.60. The third-order valence-corrected chi connectivity index (χ3v) is 7.37. The van der Waals surface area contributed by atoms with Crippen LogP contribution in [0, 0.1) is 18.7 Å². The van der Waals surface area contributed by atoms with Crippen LogP contribution in [0.3, 0.4) is 0 Å². The van der Waals surface area contributed by atoms with Gasteiger partial charge < -0.3 is 9.84 Å². The lowest BCUT2D eigenvalue weighted by molar-refractivity contribution is -0.124. The monoisotopic (exact) mass is 486 g/mol. The summed E-state index contributed by atoms with van der Waals surface area (Å²) in [4.78, 5) is 31.1. The molecule has 1 saturated heterocycles. The number of benzene rings is 2. The zero-order valence-corrected chi connectivity index (χ0v) is 19.2. The van der Waals surface area contributed by atoms with Crippen molar-refractivity contribution in [1.82, 2.24) is 10.1 Å². The molecule has 0 saturated carbocycles. The quantitative estimate of drug-likeness (QED) is 0.568. The topological polar surface area (TPSA) is 122 Å². The predicted octanol–water partition coefficient (Wildman–Crippen LogP) is 2.98. The zero-order chi connectivity index (χ0) is 24.3. The lowest BCUT2D eigenvalue weighted by Crippen LogP contribution is -2.44. The highest BCUT2D eigenvalue weighted by Gasteiger charge is 2.33. The van der Waals surface area contributed by atoms with Crippen LogP contribution in [0.1, 0.15) is 18.4 Å². The number of rotatable bonds is 6. The Bertz CT molecular complexity index is 1280. The van der Waals surface area contributed by atoms with Crippen molar-refractivity contribution in [2.24, 2.45) is 5.92 Å². The standard InChI is InChI=1S/C23H23FN4O5S/c1-15-2-7-20(19(24)12-15)28(23(30)17-8-10-34(31,32)11-9-17)13-21(29)26-18-5-3-16(4-6-18)22-25-14-33-27-22/h2-7,12,14,17H,8-11,13H2,1H3,(H,26,29). The first-order valence-corrected chi connectivity index (χ1v) is 12.5. The molecule has 0 aliphatic carbocycles. The Morgan fingerprint density at radius 3 is 2.47 bits per heavy atom. The summed E-state index contributed by atoms with van der Waals surface area (Å²) in [5, 5.41) is 6.45. The van der Waals surface area contributed by atoms with Crippen LogP contribution >= 0.6 is 0 Å². The summed E-state index contributed by atoms with van der Waals surface area (Å²) < 4.78 is 43.0. The summed E-state index contributed by atoms with van der Waals surface area (Å²) in [5.74, 6) is -2.04. The van der Waals surface area contributed by atoms with Crippen LogP contribution in [0.2, 0.25) is 0 Å². The summed E-state index contributed by atoms with van der Waals surface area (Å²) in [5.41, 5.74) is 1.81. The van der Waals surface area contributed by atoms with Crippen molar-refractivity contribution in [3.8, 4) is 11.4 Å². The van der Waals surface area contributed by atoms with Crippen LogP contribution in [0.25, 0.3) is 11.4 Å². The van der Waals surface area contributed by atoms with E-state index in [1.165, 1.54) is 18.5 Å². The maximum atomic E-state index is 14.8. The van der Waals surface area contributed by atoms with E-state index in [-0.39, 0.29) is 30.0 Å². The second-order valence-electron chi connectivity index (χ2n) is 8.19. The molecule has 0 spiro atoms. The number of anilines is 2. The fourth-order valence-corrected chi connectivity index (χ4v) is 5.31. The minimum absolute atomic E-state index is 0.0216. The highest BCUT2D eigenvalue weighted by Crippen LogP contribution is 2.27. The fourth-order valence-electron chi connectivity index (χ4n) is 3.81. The normalized spacial score (nSPS) is 15.6. The van der Waals surface area contributed by atoms with Crippen LogP contribution in [-0.2, 0) is 19.4 Å². The minimum Gasteiger partial charge on any atom is -0.342 e. The van der Waals surface area contributed by atoms with E-state index in [0.717, 1.165) is 4.90 Å². The summed E-state index contributed by atoms with van der Waals surface area (Å²) in [7, 11) is -3.18. The number of nitrogens with zero attached hydrogens (tertiary/aromatic N) is 3. The van der Waals surface area contributed by atoms with Crippen LogP contribution < -0.4 is 10.2 Å². The SMILES string of the molecule is Cc1ccc(N(CC(=O)Nc2ccc(-c3ncon3)cc2)C(=O)C2CCS(=O)(=O)CC2)c(F)c1. The Balaban J connectivity index is 1.51. The lowest BCUT2D eigenvalue weighted by atomic mass is 10.0. The van der Waals surface area contributed by atoms with E-state index in [2.05, 4.69) is 15.5 Å². The van der Waals surface area contributed by atoms with E-state index in [1.807, 2.05) is 0 Å². The van der Waals surface area contributed by atoms with Crippen molar-refractivity contribution in [3.05, 3.63) is 60.2 Å². The molecule has 4 rings (SSSR count). The van der Waals surface area contributed by atoms with Gasteiger partial charge in [-0.1, -0.05) is 11.2 Å². The van der Waals surface area contributed by atoms with Crippen LogP contribution in [-0.4, -0.2) is 48.4 Å². The average molecular weight is 487 g/mol. The molecule has 1 aliphatic heterocycles. The number of carbonyl (C=O) groups excluding carboxylic acids is 2. The van der Waals surface area contributed by atoms with Crippen LogP contribution in [0.15, 0.2) is 53.4 Å². The number of sulfone groups is 1. The smallest absolute Gasteiger partial charge is 0.244 e. The summed E-state index contributed by atoms with van der Waals surface area (Å²) in [6.07, 6.45) is 1.50. The Morgan fingerprint density at radius 2 is 1.85 bits per heavy atom. The average Bonchev–Trinajstić information content (AvgIpc) is 3.33. The van der Waals surface area contributed by atoms with Crippen molar-refractivity contribution in [1.29, 1.82) is 0 Å². The lowest BCUT2D eigenvalue weighted by Gasteiger charge is -2.29. The van der Waals surface area contributed by atoms with E-state index >= 15 is 0 Å². The second kappa shape index (κ2) is 9.72. The first kappa shape index (κ1) is 23.6. The van der Waals surface area contributed by atoms with Gasteiger partial charge in [-0.2, -0.15) is 4.98 Å². The molecule has 2 aromatic carbocycles. The minimum atomic E-state index is -3.18. The maximum Gasteiger partial charge on any atom is 0.244 e. The third-order valence-electron chi connectivity index (χ3n) is 5.65. The van der Waals surface area contributed by atoms with Gasteiger partial charge in [0.2, 0.25) is 24.0 Å². The van der Waals surface area contributed by atoms with Gasteiger partial charge >= 0.3 is 0 Å². The van der Waals surface area contributed by atoms with E-state index < -0.39 is 39.9 Å². The molecular weight excluding hydrogens is 463 g/mol. The molecule has 3 aromatic rings. The first-order chi connectivity index (χ1) is 16.2. The molecule has 2 heterocycles. The zero-order valence-electron chi connectivity index (χ0n) is 18.4. The van der Waals surface area contributed by atoms with Crippen molar-refractivity contribution < 1.29 is 26.9 Å². The molecule has 1 N–H and O–H groups in total. The molecule has 2 amide bonds. The molecule has 0 radical (unpaired) electrons. The molecule has 0 unspecified atom stereocenters. The Labute approximate surface area is 195 Å². The van der Waals surface area contributed by atoms with Crippen molar-refractivity contribution in [3.63, 3.8) is 0 Å². The van der Waals surface area contributed by atoms with Gasteiger partial charge in [0.15, 0.2) is 0 Å². The summed E-state index contributed by atoms with van der Waals surface area (Å²) in [6, 6.07) is 11.1. The number of amides is 2. The van der Waals surface area contributed by atoms with Crippen molar-refractivity contribution in [2.75, 3.05) is 28.3 Å². The summed E-state index contributed by atoms with van der Waals surface area (Å²) >= 11 is 0. The fraction of sp³-hybridized carbons (Fsp3) is 0.304. The van der Waals surface area contributed by atoms with Gasteiger partial charge in [0.25, 0.3) is 0 Å². The molecule has 0 atom stereocenters. The Kier molecular flexibility index (Phi) is 6.73. The largest absolute Gasteiger partial charge is 0.342 e.